The number of pyridine rings is 1. The summed E-state index contributed by atoms with van der Waals surface area (Å²) in [5, 5.41) is 5.94. The minimum atomic E-state index is -0.648. The van der Waals surface area contributed by atoms with Crippen LogP contribution in [0.25, 0.3) is 65.9 Å². The van der Waals surface area contributed by atoms with Gasteiger partial charge >= 0.3 is 0 Å². The first-order valence-corrected chi connectivity index (χ1v) is 24.1. The van der Waals surface area contributed by atoms with Gasteiger partial charge in [0.1, 0.15) is 5.82 Å². The lowest BCUT2D eigenvalue weighted by molar-refractivity contribution is 0.724. The van der Waals surface area contributed by atoms with Gasteiger partial charge in [-0.2, -0.15) is 0 Å². The van der Waals surface area contributed by atoms with Crippen LogP contribution in [0.5, 0.6) is 0 Å². The summed E-state index contributed by atoms with van der Waals surface area (Å²) < 4.78 is 2.42. The molecule has 0 saturated heterocycles. The van der Waals surface area contributed by atoms with Crippen molar-refractivity contribution in [3.8, 4) is 16.8 Å². The zero-order valence-electron chi connectivity index (χ0n) is 37.9. The van der Waals surface area contributed by atoms with E-state index in [4.69, 9.17) is 4.98 Å². The summed E-state index contributed by atoms with van der Waals surface area (Å²) in [6.07, 6.45) is 12.6. The van der Waals surface area contributed by atoms with Gasteiger partial charge in [0, 0.05) is 33.5 Å². The van der Waals surface area contributed by atoms with Crippen molar-refractivity contribution in [3.05, 3.63) is 288 Å². The van der Waals surface area contributed by atoms with Gasteiger partial charge in [-0.15, -0.1) is 0 Å². The lowest BCUT2D eigenvalue weighted by Gasteiger charge is -2.39. The van der Waals surface area contributed by atoms with Crippen LogP contribution in [-0.2, 0) is 5.41 Å². The molecule has 3 heteroatoms. The topological polar surface area (TPSA) is 21.1 Å². The van der Waals surface area contributed by atoms with Gasteiger partial charge in [0.25, 0.3) is 0 Å². The molecule has 0 aliphatic heterocycles. The molecule has 2 heterocycles. The van der Waals surface area contributed by atoms with Crippen LogP contribution in [0, 0.1) is 5.92 Å². The molecule has 2 unspecified atom stereocenters. The number of allylic oxidation sites excluding steroid dienone is 8. The lowest BCUT2D eigenvalue weighted by atomic mass is 9.65. The number of hydrogen-bond donors (Lipinski definition) is 0. The molecule has 2 atom stereocenters. The van der Waals surface area contributed by atoms with Crippen molar-refractivity contribution in [1.82, 2.24) is 9.55 Å². The Morgan fingerprint density at radius 1 is 0.522 bits per heavy atom. The first-order chi connectivity index (χ1) is 34.2. The number of aromatic nitrogens is 2. The minimum Gasteiger partial charge on any atom is -0.309 e. The number of anilines is 3. The number of fused-ring (bicyclic) bond motifs is 9. The van der Waals surface area contributed by atoms with Gasteiger partial charge in [-0.25, -0.2) is 4.98 Å². The minimum absolute atomic E-state index is 0.335. The molecule has 69 heavy (non-hydrogen) atoms. The molecule has 14 rings (SSSR count). The fraction of sp³-hybridized carbons (Fsp3) is 0.0455. The summed E-state index contributed by atoms with van der Waals surface area (Å²) in [5.41, 5.74) is 17.3. The molecule has 324 valence electrons. The molecule has 11 aromatic rings. The molecule has 3 nitrogen and oxygen atoms in total. The standard InChI is InChI=1S/C66H45N3/c1-3-20-45(21-4-1)55-43-64(67-60-32-16-12-27-52(55)60)69(50-38-40-62-56(42-50)53-28-13-17-33-61(53)68(62)49-37-35-44-19-7-8-23-47(44)41-49)63-34-18-15-31-58(63)66(48-24-5-2-6-25-48)57-30-14-11-29-54(57)65-51-26-10-9-22-46(51)36-39-59(65)66/h1-35,37-43,46H,36H2. The van der Waals surface area contributed by atoms with Crippen molar-refractivity contribution in [1.29, 1.82) is 0 Å². The van der Waals surface area contributed by atoms with Crippen molar-refractivity contribution in [2.75, 3.05) is 4.90 Å². The van der Waals surface area contributed by atoms with Crippen LogP contribution < -0.4 is 4.90 Å². The summed E-state index contributed by atoms with van der Waals surface area (Å²) in [4.78, 5) is 8.11. The van der Waals surface area contributed by atoms with E-state index in [0.29, 0.717) is 5.92 Å². The Labute approximate surface area is 401 Å². The van der Waals surface area contributed by atoms with Crippen LogP contribution in [-0.4, -0.2) is 9.55 Å². The van der Waals surface area contributed by atoms with E-state index in [9.17, 15) is 0 Å². The van der Waals surface area contributed by atoms with E-state index in [1.807, 2.05) is 0 Å². The first kappa shape index (κ1) is 39.4. The fourth-order valence-electron chi connectivity index (χ4n) is 12.0. The molecule has 0 radical (unpaired) electrons. The number of nitrogens with zero attached hydrogens (tertiary/aromatic N) is 3. The third kappa shape index (κ3) is 5.97. The van der Waals surface area contributed by atoms with Crippen LogP contribution >= 0.6 is 0 Å². The van der Waals surface area contributed by atoms with E-state index in [-0.39, 0.29) is 0 Å². The van der Waals surface area contributed by atoms with Crippen LogP contribution in [0.15, 0.2) is 266 Å². The van der Waals surface area contributed by atoms with E-state index in [2.05, 4.69) is 264 Å². The molecular formula is C66H45N3. The molecule has 3 aliphatic rings. The highest BCUT2D eigenvalue weighted by Crippen LogP contribution is 2.62. The Hall–Kier alpha value is -8.79. The molecule has 0 amide bonds. The van der Waals surface area contributed by atoms with Gasteiger partial charge in [0.2, 0.25) is 0 Å². The average Bonchev–Trinajstić information content (AvgIpc) is 3.92. The Morgan fingerprint density at radius 2 is 1.23 bits per heavy atom. The first-order valence-electron chi connectivity index (χ1n) is 24.1. The number of rotatable bonds is 7. The zero-order chi connectivity index (χ0) is 45.5. The fourth-order valence-corrected chi connectivity index (χ4v) is 12.0. The van der Waals surface area contributed by atoms with Crippen molar-refractivity contribution in [2.24, 2.45) is 5.92 Å². The summed E-state index contributed by atoms with van der Waals surface area (Å²) in [5.74, 6) is 1.19. The zero-order valence-corrected chi connectivity index (χ0v) is 37.9. The molecule has 0 spiro atoms. The van der Waals surface area contributed by atoms with Gasteiger partial charge in [0.05, 0.1) is 27.7 Å². The quantitative estimate of drug-likeness (QED) is 0.159. The van der Waals surface area contributed by atoms with E-state index in [0.717, 1.165) is 56.8 Å². The van der Waals surface area contributed by atoms with Crippen LogP contribution in [0.4, 0.5) is 17.2 Å². The van der Waals surface area contributed by atoms with E-state index >= 15 is 0 Å². The van der Waals surface area contributed by atoms with Crippen LogP contribution in [0.3, 0.4) is 0 Å². The summed E-state index contributed by atoms with van der Waals surface area (Å²) >= 11 is 0. The predicted molar refractivity (Wildman–Crippen MR) is 288 cm³/mol. The van der Waals surface area contributed by atoms with Crippen molar-refractivity contribution in [2.45, 2.75) is 11.8 Å². The third-order valence-corrected chi connectivity index (χ3v) is 14.9. The summed E-state index contributed by atoms with van der Waals surface area (Å²) in [7, 11) is 0. The molecule has 0 bridgehead atoms. The van der Waals surface area contributed by atoms with E-state index in [1.54, 1.807) is 0 Å². The van der Waals surface area contributed by atoms with Crippen LogP contribution in [0.1, 0.15) is 28.7 Å². The smallest absolute Gasteiger partial charge is 0.138 e. The molecule has 2 aromatic heterocycles. The molecule has 3 aliphatic carbocycles. The highest BCUT2D eigenvalue weighted by Gasteiger charge is 2.51. The second kappa shape index (κ2) is 15.7. The number of para-hydroxylation sites is 3. The number of benzene rings is 9. The lowest BCUT2D eigenvalue weighted by Crippen LogP contribution is -2.32. The maximum absolute atomic E-state index is 5.66. The van der Waals surface area contributed by atoms with E-state index in [1.165, 1.54) is 66.0 Å². The van der Waals surface area contributed by atoms with Gasteiger partial charge < -0.3 is 4.57 Å². The third-order valence-electron chi connectivity index (χ3n) is 14.9. The van der Waals surface area contributed by atoms with Crippen molar-refractivity contribution in [3.63, 3.8) is 0 Å². The normalized spacial score (nSPS) is 17.0. The monoisotopic (exact) mass is 879 g/mol. The Bertz CT molecular complexity index is 4000. The Kier molecular flexibility index (Phi) is 8.93. The number of hydrogen-bond acceptors (Lipinski definition) is 2. The molecule has 0 N–H and O–H groups in total. The highest BCUT2D eigenvalue weighted by atomic mass is 15.2. The molecule has 9 aromatic carbocycles. The summed E-state index contributed by atoms with van der Waals surface area (Å²) in [6.45, 7) is 0. The van der Waals surface area contributed by atoms with Gasteiger partial charge in [-0.3, -0.25) is 4.90 Å². The van der Waals surface area contributed by atoms with Crippen LogP contribution in [0.2, 0.25) is 0 Å². The van der Waals surface area contributed by atoms with Crippen molar-refractivity contribution < 1.29 is 0 Å². The second-order valence-electron chi connectivity index (χ2n) is 18.5. The predicted octanol–water partition coefficient (Wildman–Crippen LogP) is 16.8. The molecule has 0 saturated carbocycles. The summed E-state index contributed by atoms with van der Waals surface area (Å²) in [6, 6.07) is 82.5. The Morgan fingerprint density at radius 3 is 2.12 bits per heavy atom. The largest absolute Gasteiger partial charge is 0.309 e. The second-order valence-corrected chi connectivity index (χ2v) is 18.5. The molecule has 0 fully saturated rings. The van der Waals surface area contributed by atoms with Gasteiger partial charge in [0.15, 0.2) is 0 Å². The molecular weight excluding hydrogens is 835 g/mol. The van der Waals surface area contributed by atoms with Crippen molar-refractivity contribution >= 4 is 66.2 Å². The van der Waals surface area contributed by atoms with Gasteiger partial charge in [-0.05, 0) is 122 Å². The SMILES string of the molecule is C1=CC2=C3C(=CCC2C=C1)C(c1ccccc1)(c1ccccc1N(c1ccc2c(c1)c1ccccc1n2-c1ccc2ccccc2c1)c1cc(-c2ccccc2)c2ccccc2n1)c1ccccc13. The highest BCUT2D eigenvalue weighted by molar-refractivity contribution is 6.11. The van der Waals surface area contributed by atoms with Gasteiger partial charge in [-0.1, -0.05) is 200 Å². The maximum atomic E-state index is 5.66. The maximum Gasteiger partial charge on any atom is 0.138 e. The van der Waals surface area contributed by atoms with E-state index < -0.39 is 5.41 Å². The Balaban J connectivity index is 1.08. The average molecular weight is 880 g/mol.